The third-order valence-corrected chi connectivity index (χ3v) is 1.84. The molecule has 0 aromatic heterocycles. The van der Waals surface area contributed by atoms with Gasteiger partial charge in [0, 0.05) is 0 Å². The maximum absolute atomic E-state index is 10.9. The highest BCUT2D eigenvalue weighted by Crippen LogP contribution is 2.24. The van der Waals surface area contributed by atoms with Crippen molar-refractivity contribution in [3.63, 3.8) is 0 Å². The van der Waals surface area contributed by atoms with Crippen LogP contribution >= 0.6 is 0 Å². The summed E-state index contributed by atoms with van der Waals surface area (Å²) in [5, 5.41) is 0. The van der Waals surface area contributed by atoms with Crippen molar-refractivity contribution < 1.29 is 14.3 Å². The lowest BCUT2D eigenvalue weighted by Gasteiger charge is -2.14. The van der Waals surface area contributed by atoms with Gasteiger partial charge < -0.3 is 9.47 Å². The molecule has 0 aliphatic rings. The molecule has 0 spiro atoms. The van der Waals surface area contributed by atoms with Gasteiger partial charge in [0.05, 0.1) is 17.8 Å². The lowest BCUT2D eigenvalue weighted by Crippen LogP contribution is -2.09. The van der Waals surface area contributed by atoms with E-state index >= 15 is 0 Å². The Morgan fingerprint density at radius 1 is 1.06 bits per heavy atom. The Bertz CT molecular complexity index is 356. The Morgan fingerprint density at radius 3 is 2.19 bits per heavy atom. The van der Waals surface area contributed by atoms with Crippen molar-refractivity contribution in [1.82, 2.24) is 0 Å². The van der Waals surface area contributed by atoms with Gasteiger partial charge in [-0.05, 0) is 45.9 Å². The summed E-state index contributed by atoms with van der Waals surface area (Å²) in [7, 11) is 0. The van der Waals surface area contributed by atoms with E-state index in [2.05, 4.69) is 0 Å². The predicted molar refractivity (Wildman–Crippen MR) is 63.4 cm³/mol. The molecule has 3 nitrogen and oxygen atoms in total. The molecule has 0 amide bonds. The van der Waals surface area contributed by atoms with Crippen LogP contribution in [-0.4, -0.2) is 18.5 Å². The van der Waals surface area contributed by atoms with Crippen molar-refractivity contribution in [1.29, 1.82) is 0 Å². The highest BCUT2D eigenvalue weighted by atomic mass is 16.5. The molecule has 0 aliphatic heterocycles. The summed E-state index contributed by atoms with van der Waals surface area (Å²) < 4.78 is 11.0. The van der Waals surface area contributed by atoms with Crippen LogP contribution in [0.5, 0.6) is 11.5 Å². The van der Waals surface area contributed by atoms with Crippen LogP contribution in [0.4, 0.5) is 0 Å². The first kappa shape index (κ1) is 12.6. The molecule has 0 N–H and O–H groups in total. The molecule has 0 heterocycles. The van der Waals surface area contributed by atoms with Gasteiger partial charge in [-0.1, -0.05) is 0 Å². The summed E-state index contributed by atoms with van der Waals surface area (Å²) in [6, 6.07) is 5.27. The molecule has 0 fully saturated rings. The molecule has 0 radical (unpaired) electrons. The molecule has 16 heavy (non-hydrogen) atoms. The number of carbonyl (C=O) groups is 1. The van der Waals surface area contributed by atoms with Gasteiger partial charge in [0.1, 0.15) is 11.5 Å². The average molecular weight is 222 g/mol. The Morgan fingerprint density at radius 2 is 1.69 bits per heavy atom. The van der Waals surface area contributed by atoms with E-state index in [-0.39, 0.29) is 12.2 Å². The van der Waals surface area contributed by atoms with Gasteiger partial charge in [-0.2, -0.15) is 0 Å². The number of aldehydes is 1. The molecule has 1 aromatic carbocycles. The van der Waals surface area contributed by atoms with Crippen LogP contribution in [-0.2, 0) is 0 Å². The molecule has 1 aromatic rings. The fraction of sp³-hybridized carbons (Fsp3) is 0.462. The number of hydrogen-bond acceptors (Lipinski definition) is 3. The average Bonchev–Trinajstić information content (AvgIpc) is 2.18. The van der Waals surface area contributed by atoms with Gasteiger partial charge in [0.15, 0.2) is 6.29 Å². The molecule has 0 atom stereocenters. The normalized spacial score (nSPS) is 10.6. The van der Waals surface area contributed by atoms with Gasteiger partial charge in [-0.3, -0.25) is 4.79 Å². The minimum absolute atomic E-state index is 0.0515. The molecule has 88 valence electrons. The Kier molecular flexibility index (Phi) is 4.35. The van der Waals surface area contributed by atoms with E-state index in [4.69, 9.17) is 9.47 Å². The predicted octanol–water partition coefficient (Wildman–Crippen LogP) is 3.07. The van der Waals surface area contributed by atoms with E-state index in [0.717, 1.165) is 6.29 Å². The number of rotatable bonds is 5. The smallest absolute Gasteiger partial charge is 0.153 e. The molecular weight excluding hydrogens is 204 g/mol. The summed E-state index contributed by atoms with van der Waals surface area (Å²) in [4.78, 5) is 10.9. The lowest BCUT2D eigenvalue weighted by molar-refractivity contribution is 0.111. The van der Waals surface area contributed by atoms with Gasteiger partial charge in [-0.15, -0.1) is 0 Å². The summed E-state index contributed by atoms with van der Waals surface area (Å²) in [6.07, 6.45) is 0.928. The summed E-state index contributed by atoms with van der Waals surface area (Å²) >= 11 is 0. The third-order valence-electron chi connectivity index (χ3n) is 1.84. The quantitative estimate of drug-likeness (QED) is 0.718. The molecule has 0 saturated heterocycles. The van der Waals surface area contributed by atoms with E-state index in [0.29, 0.717) is 17.1 Å². The van der Waals surface area contributed by atoms with Crippen LogP contribution in [0.1, 0.15) is 38.1 Å². The standard InChI is InChI=1S/C13H18O3/c1-9(2)15-12-5-6-13(16-10(3)4)11(7-12)8-14/h5-10H,1-4H3. The van der Waals surface area contributed by atoms with E-state index in [1.165, 1.54) is 0 Å². The van der Waals surface area contributed by atoms with Crippen molar-refractivity contribution >= 4 is 6.29 Å². The van der Waals surface area contributed by atoms with Crippen molar-refractivity contribution in [3.8, 4) is 11.5 Å². The minimum Gasteiger partial charge on any atom is -0.491 e. The second-order valence-electron chi connectivity index (χ2n) is 4.15. The van der Waals surface area contributed by atoms with Gasteiger partial charge in [0.25, 0.3) is 0 Å². The Labute approximate surface area is 96.4 Å². The van der Waals surface area contributed by atoms with Crippen LogP contribution in [0.2, 0.25) is 0 Å². The maximum Gasteiger partial charge on any atom is 0.153 e. The SMILES string of the molecule is CC(C)Oc1ccc(OC(C)C)c(C=O)c1. The summed E-state index contributed by atoms with van der Waals surface area (Å²) in [5.41, 5.74) is 0.520. The largest absolute Gasteiger partial charge is 0.491 e. The maximum atomic E-state index is 10.9. The monoisotopic (exact) mass is 222 g/mol. The molecule has 0 saturated carbocycles. The van der Waals surface area contributed by atoms with Crippen LogP contribution in [0.25, 0.3) is 0 Å². The minimum atomic E-state index is 0.0515. The van der Waals surface area contributed by atoms with Crippen LogP contribution < -0.4 is 9.47 Å². The van der Waals surface area contributed by atoms with E-state index in [1.54, 1.807) is 12.1 Å². The zero-order chi connectivity index (χ0) is 12.1. The van der Waals surface area contributed by atoms with E-state index in [1.807, 2.05) is 33.8 Å². The van der Waals surface area contributed by atoms with E-state index < -0.39 is 0 Å². The van der Waals surface area contributed by atoms with Crippen molar-refractivity contribution in [2.45, 2.75) is 39.9 Å². The molecule has 1 rings (SSSR count). The first-order valence-electron chi connectivity index (χ1n) is 5.45. The summed E-state index contributed by atoms with van der Waals surface area (Å²) in [5.74, 6) is 1.29. The molecular formula is C13H18O3. The van der Waals surface area contributed by atoms with Crippen molar-refractivity contribution in [2.75, 3.05) is 0 Å². The zero-order valence-corrected chi connectivity index (χ0v) is 10.2. The van der Waals surface area contributed by atoms with Gasteiger partial charge in [0.2, 0.25) is 0 Å². The number of carbonyl (C=O) groups excluding carboxylic acids is 1. The highest BCUT2D eigenvalue weighted by molar-refractivity contribution is 5.80. The van der Waals surface area contributed by atoms with Crippen LogP contribution in [0.3, 0.4) is 0 Å². The number of benzene rings is 1. The van der Waals surface area contributed by atoms with Crippen molar-refractivity contribution in [2.24, 2.45) is 0 Å². The number of ether oxygens (including phenoxy) is 2. The second-order valence-corrected chi connectivity index (χ2v) is 4.15. The van der Waals surface area contributed by atoms with E-state index in [9.17, 15) is 4.79 Å². The van der Waals surface area contributed by atoms with Crippen LogP contribution in [0, 0.1) is 0 Å². The third kappa shape index (κ3) is 3.57. The summed E-state index contributed by atoms with van der Waals surface area (Å²) in [6.45, 7) is 7.73. The molecule has 0 unspecified atom stereocenters. The van der Waals surface area contributed by atoms with Gasteiger partial charge >= 0.3 is 0 Å². The second kappa shape index (κ2) is 5.54. The van der Waals surface area contributed by atoms with Crippen molar-refractivity contribution in [3.05, 3.63) is 23.8 Å². The molecule has 3 heteroatoms. The first-order valence-corrected chi connectivity index (χ1v) is 5.45. The fourth-order valence-corrected chi connectivity index (χ4v) is 1.33. The lowest BCUT2D eigenvalue weighted by atomic mass is 10.2. The van der Waals surface area contributed by atoms with Gasteiger partial charge in [-0.25, -0.2) is 0 Å². The number of hydrogen-bond donors (Lipinski definition) is 0. The van der Waals surface area contributed by atoms with Crippen LogP contribution in [0.15, 0.2) is 18.2 Å². The topological polar surface area (TPSA) is 35.5 Å². The Hall–Kier alpha value is -1.51. The first-order chi connectivity index (χ1) is 7.52. The highest BCUT2D eigenvalue weighted by Gasteiger charge is 2.07. The fourth-order valence-electron chi connectivity index (χ4n) is 1.33. The molecule has 0 aliphatic carbocycles. The Balaban J connectivity index is 2.92. The molecule has 0 bridgehead atoms. The zero-order valence-electron chi connectivity index (χ0n) is 10.2.